The van der Waals surface area contributed by atoms with Crippen LogP contribution >= 0.6 is 0 Å². The number of hydrogen-bond donors (Lipinski definition) is 2. The molecule has 0 aliphatic carbocycles. The summed E-state index contributed by atoms with van der Waals surface area (Å²) in [5, 5.41) is 6.97. The van der Waals surface area contributed by atoms with Gasteiger partial charge in [0.05, 0.1) is 5.71 Å². The van der Waals surface area contributed by atoms with Crippen molar-refractivity contribution in [3.63, 3.8) is 0 Å². The lowest BCUT2D eigenvalue weighted by atomic mass is 9.96. The summed E-state index contributed by atoms with van der Waals surface area (Å²) in [5.41, 5.74) is 4.12. The third-order valence-electron chi connectivity index (χ3n) is 5.27. The second-order valence-corrected chi connectivity index (χ2v) is 7.59. The molecule has 28 heavy (non-hydrogen) atoms. The molecule has 0 saturated carbocycles. The third kappa shape index (κ3) is 5.16. The average molecular weight is 386 g/mol. The van der Waals surface area contributed by atoms with Gasteiger partial charge in [-0.15, -0.1) is 0 Å². The zero-order valence-electron chi connectivity index (χ0n) is 16.9. The molecule has 1 aliphatic rings. The molecule has 2 N–H and O–H groups in total. The minimum Gasteiger partial charge on any atom is -0.382 e. The monoisotopic (exact) mass is 385 g/mol. The normalized spacial score (nSPS) is 16.8. The van der Waals surface area contributed by atoms with Gasteiger partial charge in [-0.05, 0) is 76.0 Å². The standard InChI is InChI=1S/C23H29F2N3/c1-4-16(3)27-23(17-12-18(24)14-19(25)13-17)22-6-5-21(11-15(22)2)28-20-7-9-26-10-8-20/h5-6,11-14,16,20,26,28H,4,7-10H2,1-3H3. The van der Waals surface area contributed by atoms with Crippen molar-refractivity contribution >= 4 is 11.4 Å². The maximum Gasteiger partial charge on any atom is 0.126 e. The van der Waals surface area contributed by atoms with E-state index in [4.69, 9.17) is 4.99 Å². The van der Waals surface area contributed by atoms with E-state index in [1.165, 1.54) is 12.1 Å². The Bertz CT molecular complexity index is 821. The second-order valence-electron chi connectivity index (χ2n) is 7.59. The lowest BCUT2D eigenvalue weighted by Gasteiger charge is -2.25. The Hall–Kier alpha value is -2.27. The molecule has 1 unspecified atom stereocenters. The molecule has 1 fully saturated rings. The SMILES string of the molecule is CCC(C)N=C(c1cc(F)cc(F)c1)c1ccc(NC2CCNCC2)cc1C. The highest BCUT2D eigenvalue weighted by molar-refractivity contribution is 6.14. The largest absolute Gasteiger partial charge is 0.382 e. The van der Waals surface area contributed by atoms with Gasteiger partial charge < -0.3 is 10.6 Å². The summed E-state index contributed by atoms with van der Waals surface area (Å²) in [7, 11) is 0. The van der Waals surface area contributed by atoms with Crippen LogP contribution in [0, 0.1) is 18.6 Å². The molecular formula is C23H29F2N3. The molecule has 0 radical (unpaired) electrons. The topological polar surface area (TPSA) is 36.4 Å². The molecule has 2 aromatic rings. The van der Waals surface area contributed by atoms with Crippen LogP contribution in [-0.2, 0) is 0 Å². The van der Waals surface area contributed by atoms with Crippen LogP contribution in [0.25, 0.3) is 0 Å². The number of benzene rings is 2. The van der Waals surface area contributed by atoms with Gasteiger partial charge in [0.1, 0.15) is 11.6 Å². The van der Waals surface area contributed by atoms with Crippen LogP contribution in [0.5, 0.6) is 0 Å². The number of nitrogens with zero attached hydrogens (tertiary/aromatic N) is 1. The molecule has 0 aromatic heterocycles. The molecule has 1 atom stereocenters. The van der Waals surface area contributed by atoms with Crippen LogP contribution in [0.2, 0.25) is 0 Å². The van der Waals surface area contributed by atoms with E-state index in [1.807, 2.05) is 26.0 Å². The highest BCUT2D eigenvalue weighted by atomic mass is 19.1. The van der Waals surface area contributed by atoms with Crippen LogP contribution in [0.1, 0.15) is 49.8 Å². The lowest BCUT2D eigenvalue weighted by Crippen LogP contribution is -2.35. The van der Waals surface area contributed by atoms with Gasteiger partial charge in [-0.2, -0.15) is 0 Å². The zero-order chi connectivity index (χ0) is 20.1. The van der Waals surface area contributed by atoms with Gasteiger partial charge in [0.25, 0.3) is 0 Å². The van der Waals surface area contributed by atoms with Gasteiger partial charge in [0.2, 0.25) is 0 Å². The number of hydrogen-bond acceptors (Lipinski definition) is 3. The molecule has 0 amide bonds. The van der Waals surface area contributed by atoms with E-state index in [2.05, 4.69) is 23.6 Å². The molecule has 1 heterocycles. The van der Waals surface area contributed by atoms with E-state index in [9.17, 15) is 8.78 Å². The van der Waals surface area contributed by atoms with E-state index >= 15 is 0 Å². The summed E-state index contributed by atoms with van der Waals surface area (Å²) in [6.07, 6.45) is 3.06. The minimum absolute atomic E-state index is 0.0632. The number of rotatable bonds is 6. The van der Waals surface area contributed by atoms with E-state index in [1.54, 1.807) is 0 Å². The highest BCUT2D eigenvalue weighted by Crippen LogP contribution is 2.23. The van der Waals surface area contributed by atoms with Crippen LogP contribution in [0.4, 0.5) is 14.5 Å². The van der Waals surface area contributed by atoms with E-state index in [0.717, 1.165) is 55.2 Å². The predicted molar refractivity (Wildman–Crippen MR) is 112 cm³/mol. The van der Waals surface area contributed by atoms with E-state index in [-0.39, 0.29) is 6.04 Å². The van der Waals surface area contributed by atoms with Crippen molar-refractivity contribution < 1.29 is 8.78 Å². The number of halogens is 2. The van der Waals surface area contributed by atoms with E-state index in [0.29, 0.717) is 17.3 Å². The van der Waals surface area contributed by atoms with Crippen molar-refractivity contribution in [3.8, 4) is 0 Å². The first-order chi connectivity index (χ1) is 13.5. The molecule has 1 aliphatic heterocycles. The maximum atomic E-state index is 13.8. The molecule has 3 nitrogen and oxygen atoms in total. The summed E-state index contributed by atoms with van der Waals surface area (Å²) in [6, 6.07) is 10.3. The highest BCUT2D eigenvalue weighted by Gasteiger charge is 2.16. The van der Waals surface area contributed by atoms with Crippen molar-refractivity contribution in [1.82, 2.24) is 5.32 Å². The van der Waals surface area contributed by atoms with Crippen LogP contribution in [-0.4, -0.2) is 30.9 Å². The smallest absolute Gasteiger partial charge is 0.126 e. The fourth-order valence-electron chi connectivity index (χ4n) is 3.52. The predicted octanol–water partition coefficient (Wildman–Crippen LogP) is 5.07. The number of nitrogens with one attached hydrogen (secondary N) is 2. The molecule has 0 bridgehead atoms. The quantitative estimate of drug-likeness (QED) is 0.681. The maximum absolute atomic E-state index is 13.8. The van der Waals surface area contributed by atoms with Crippen molar-refractivity contribution in [1.29, 1.82) is 0 Å². The molecule has 150 valence electrons. The van der Waals surface area contributed by atoms with Gasteiger partial charge in [0.15, 0.2) is 0 Å². The summed E-state index contributed by atoms with van der Waals surface area (Å²) >= 11 is 0. The van der Waals surface area contributed by atoms with Gasteiger partial charge in [-0.25, -0.2) is 8.78 Å². The number of piperidine rings is 1. The van der Waals surface area contributed by atoms with E-state index < -0.39 is 11.6 Å². The van der Waals surface area contributed by atoms with Crippen LogP contribution in [0.15, 0.2) is 41.4 Å². The summed E-state index contributed by atoms with van der Waals surface area (Å²) in [5.74, 6) is -1.18. The first-order valence-corrected chi connectivity index (χ1v) is 10.1. The first-order valence-electron chi connectivity index (χ1n) is 10.1. The fraction of sp³-hybridized carbons (Fsp3) is 0.435. The summed E-state index contributed by atoms with van der Waals surface area (Å²) in [6.45, 7) is 8.15. The van der Waals surface area contributed by atoms with Crippen LogP contribution in [0.3, 0.4) is 0 Å². The molecule has 2 aromatic carbocycles. The molecule has 3 rings (SSSR count). The average Bonchev–Trinajstić information content (AvgIpc) is 2.66. The summed E-state index contributed by atoms with van der Waals surface area (Å²) < 4.78 is 27.7. The molecular weight excluding hydrogens is 356 g/mol. The fourth-order valence-corrected chi connectivity index (χ4v) is 3.52. The third-order valence-corrected chi connectivity index (χ3v) is 5.27. The number of aryl methyl sites for hydroxylation is 1. The van der Waals surface area contributed by atoms with Gasteiger partial charge in [-0.3, -0.25) is 4.99 Å². The number of aliphatic imine (C=N–C) groups is 1. The Morgan fingerprint density at radius 3 is 2.43 bits per heavy atom. The molecule has 1 saturated heterocycles. The van der Waals surface area contributed by atoms with Gasteiger partial charge in [0, 0.05) is 35.0 Å². The van der Waals surface area contributed by atoms with Crippen molar-refractivity contribution in [2.75, 3.05) is 18.4 Å². The van der Waals surface area contributed by atoms with Crippen molar-refractivity contribution in [2.45, 2.75) is 52.1 Å². The Balaban J connectivity index is 1.94. The van der Waals surface area contributed by atoms with Crippen molar-refractivity contribution in [3.05, 3.63) is 64.7 Å². The van der Waals surface area contributed by atoms with Gasteiger partial charge >= 0.3 is 0 Å². The minimum atomic E-state index is -0.589. The van der Waals surface area contributed by atoms with Crippen molar-refractivity contribution in [2.24, 2.45) is 4.99 Å². The van der Waals surface area contributed by atoms with Gasteiger partial charge in [-0.1, -0.05) is 13.0 Å². The molecule has 0 spiro atoms. The molecule has 5 heteroatoms. The Morgan fingerprint density at radius 2 is 1.82 bits per heavy atom. The number of anilines is 1. The second kappa shape index (κ2) is 9.28. The van der Waals surface area contributed by atoms with Crippen LogP contribution < -0.4 is 10.6 Å². The zero-order valence-corrected chi connectivity index (χ0v) is 16.9. The Kier molecular flexibility index (Phi) is 6.79. The summed E-state index contributed by atoms with van der Waals surface area (Å²) in [4.78, 5) is 4.78. The Morgan fingerprint density at radius 1 is 1.14 bits per heavy atom. The first kappa shape index (κ1) is 20.5. The Labute approximate surface area is 166 Å². The lowest BCUT2D eigenvalue weighted by molar-refractivity contribution is 0.479.